The zero-order valence-corrected chi connectivity index (χ0v) is 13.6. The van der Waals surface area contributed by atoms with Crippen LogP contribution in [0.5, 0.6) is 11.6 Å². The Morgan fingerprint density at radius 3 is 2.68 bits per heavy atom. The molecule has 4 rings (SSSR count). The van der Waals surface area contributed by atoms with Crippen molar-refractivity contribution in [3.63, 3.8) is 0 Å². The first kappa shape index (κ1) is 15.6. The first-order chi connectivity index (χ1) is 12.2. The lowest BCUT2D eigenvalue weighted by atomic mass is 9.95. The topological polar surface area (TPSA) is 87.0 Å². The molecule has 2 aliphatic rings. The second-order valence-electron chi connectivity index (χ2n) is 6.49. The average molecular weight is 334 g/mol. The summed E-state index contributed by atoms with van der Waals surface area (Å²) in [6.07, 6.45) is 4.83. The lowest BCUT2D eigenvalue weighted by Gasteiger charge is -2.21. The van der Waals surface area contributed by atoms with Crippen molar-refractivity contribution in [2.75, 3.05) is 0 Å². The van der Waals surface area contributed by atoms with E-state index in [1.807, 2.05) is 6.07 Å². The Labute approximate surface area is 145 Å². The van der Waals surface area contributed by atoms with E-state index in [4.69, 9.17) is 10.00 Å². The monoisotopic (exact) mass is 334 g/mol. The minimum atomic E-state index is -0.0533. The molecule has 2 aromatic rings. The van der Waals surface area contributed by atoms with Crippen molar-refractivity contribution in [1.29, 1.82) is 5.26 Å². The Bertz CT molecular complexity index is 811. The molecule has 0 spiro atoms. The van der Waals surface area contributed by atoms with E-state index in [2.05, 4.69) is 15.6 Å². The molecule has 1 amide bonds. The standard InChI is InChI=1S/C19H18N4O2/c20-10-12-1-8-18(21-11-12)25-15-5-2-13(3-6-15)19(24)23-17-9-14-4-7-16(17)22-14/h1-3,5-6,8,11,14,16-17,22H,4,7,9H2,(H,23,24)/t14-,16+,17-/m1/s1. The van der Waals surface area contributed by atoms with Crippen LogP contribution in [0, 0.1) is 11.3 Å². The Morgan fingerprint density at radius 1 is 1.24 bits per heavy atom. The van der Waals surface area contributed by atoms with Gasteiger partial charge in [-0.15, -0.1) is 0 Å². The van der Waals surface area contributed by atoms with Gasteiger partial charge in [0, 0.05) is 36.0 Å². The molecule has 6 nitrogen and oxygen atoms in total. The highest BCUT2D eigenvalue weighted by atomic mass is 16.5. The molecule has 0 radical (unpaired) electrons. The van der Waals surface area contributed by atoms with Gasteiger partial charge in [-0.05, 0) is 49.6 Å². The maximum atomic E-state index is 12.4. The number of nitriles is 1. The van der Waals surface area contributed by atoms with Gasteiger partial charge in [0.1, 0.15) is 11.8 Å². The van der Waals surface area contributed by atoms with Crippen LogP contribution in [0.3, 0.4) is 0 Å². The Morgan fingerprint density at radius 2 is 2.08 bits per heavy atom. The number of hydrogen-bond donors (Lipinski definition) is 2. The van der Waals surface area contributed by atoms with Crippen molar-refractivity contribution in [3.05, 3.63) is 53.7 Å². The summed E-state index contributed by atoms with van der Waals surface area (Å²) in [5.41, 5.74) is 1.09. The molecule has 0 saturated carbocycles. The van der Waals surface area contributed by atoms with Crippen LogP contribution in [0.4, 0.5) is 0 Å². The molecule has 0 unspecified atom stereocenters. The molecule has 1 aromatic carbocycles. The van der Waals surface area contributed by atoms with E-state index in [1.54, 1.807) is 36.4 Å². The van der Waals surface area contributed by atoms with E-state index in [1.165, 1.54) is 12.6 Å². The first-order valence-corrected chi connectivity index (χ1v) is 8.42. The number of fused-ring (bicyclic) bond motifs is 2. The van der Waals surface area contributed by atoms with Crippen molar-refractivity contribution >= 4 is 5.91 Å². The van der Waals surface area contributed by atoms with Gasteiger partial charge in [-0.25, -0.2) is 4.98 Å². The summed E-state index contributed by atoms with van der Waals surface area (Å²) in [7, 11) is 0. The molecule has 1 aromatic heterocycles. The number of aromatic nitrogens is 1. The average Bonchev–Trinajstić information content (AvgIpc) is 3.26. The predicted octanol–water partition coefficient (Wildman–Crippen LogP) is 2.37. The summed E-state index contributed by atoms with van der Waals surface area (Å²) in [5.74, 6) is 0.946. The van der Waals surface area contributed by atoms with Crippen LogP contribution in [0.2, 0.25) is 0 Å². The van der Waals surface area contributed by atoms with Crippen molar-refractivity contribution in [1.82, 2.24) is 15.6 Å². The Balaban J connectivity index is 1.37. The number of rotatable bonds is 4. The van der Waals surface area contributed by atoms with E-state index in [9.17, 15) is 4.79 Å². The molecule has 2 saturated heterocycles. The second-order valence-corrected chi connectivity index (χ2v) is 6.49. The maximum Gasteiger partial charge on any atom is 0.251 e. The molecule has 3 heterocycles. The number of amides is 1. The lowest BCUT2D eigenvalue weighted by Crippen LogP contribution is -2.42. The van der Waals surface area contributed by atoms with Gasteiger partial charge < -0.3 is 15.4 Å². The highest BCUT2D eigenvalue weighted by Crippen LogP contribution is 2.28. The highest BCUT2D eigenvalue weighted by molar-refractivity contribution is 5.94. The number of hydrogen-bond acceptors (Lipinski definition) is 5. The number of nitrogens with zero attached hydrogens (tertiary/aromatic N) is 2. The molecular weight excluding hydrogens is 316 g/mol. The Hall–Kier alpha value is -2.91. The van der Waals surface area contributed by atoms with Gasteiger partial charge in [0.2, 0.25) is 5.88 Å². The maximum absolute atomic E-state index is 12.4. The van der Waals surface area contributed by atoms with Gasteiger partial charge in [0.05, 0.1) is 5.56 Å². The lowest BCUT2D eigenvalue weighted by molar-refractivity contribution is 0.0931. The third-order valence-corrected chi connectivity index (χ3v) is 4.82. The van der Waals surface area contributed by atoms with E-state index < -0.39 is 0 Å². The van der Waals surface area contributed by atoms with Crippen LogP contribution in [0.15, 0.2) is 42.6 Å². The fourth-order valence-corrected chi connectivity index (χ4v) is 3.54. The summed E-state index contributed by atoms with van der Waals surface area (Å²) in [6.45, 7) is 0. The number of ether oxygens (including phenoxy) is 1. The zero-order chi connectivity index (χ0) is 17.2. The fourth-order valence-electron chi connectivity index (χ4n) is 3.54. The first-order valence-electron chi connectivity index (χ1n) is 8.42. The normalized spacial score (nSPS) is 23.9. The molecule has 2 fully saturated rings. The number of benzene rings is 1. The van der Waals surface area contributed by atoms with Crippen LogP contribution in [-0.2, 0) is 0 Å². The quantitative estimate of drug-likeness (QED) is 0.896. The number of carbonyl (C=O) groups is 1. The molecule has 2 N–H and O–H groups in total. The summed E-state index contributed by atoms with van der Waals surface area (Å²) < 4.78 is 5.62. The van der Waals surface area contributed by atoms with Crippen LogP contribution in [0.25, 0.3) is 0 Å². The molecule has 25 heavy (non-hydrogen) atoms. The summed E-state index contributed by atoms with van der Waals surface area (Å²) in [4.78, 5) is 16.5. The van der Waals surface area contributed by atoms with Gasteiger partial charge in [-0.1, -0.05) is 0 Å². The summed E-state index contributed by atoms with van der Waals surface area (Å²) in [5, 5.41) is 15.4. The summed E-state index contributed by atoms with van der Waals surface area (Å²) >= 11 is 0. The molecule has 126 valence electrons. The van der Waals surface area contributed by atoms with Gasteiger partial charge in [-0.3, -0.25) is 4.79 Å². The van der Waals surface area contributed by atoms with Crippen molar-refractivity contribution in [3.8, 4) is 17.7 Å². The minimum absolute atomic E-state index is 0.0533. The molecular formula is C19H18N4O2. The Kier molecular flexibility index (Phi) is 4.08. The van der Waals surface area contributed by atoms with Crippen LogP contribution >= 0.6 is 0 Å². The minimum Gasteiger partial charge on any atom is -0.439 e. The molecule has 0 aliphatic carbocycles. The van der Waals surface area contributed by atoms with Crippen molar-refractivity contribution in [2.24, 2.45) is 0 Å². The third-order valence-electron chi connectivity index (χ3n) is 4.82. The van der Waals surface area contributed by atoms with Gasteiger partial charge in [-0.2, -0.15) is 5.26 Å². The van der Waals surface area contributed by atoms with E-state index in [-0.39, 0.29) is 11.9 Å². The van der Waals surface area contributed by atoms with Gasteiger partial charge in [0.15, 0.2) is 0 Å². The largest absolute Gasteiger partial charge is 0.439 e. The van der Waals surface area contributed by atoms with Gasteiger partial charge in [0.25, 0.3) is 5.91 Å². The molecule has 6 heteroatoms. The molecule has 2 bridgehead atoms. The van der Waals surface area contributed by atoms with Crippen LogP contribution < -0.4 is 15.4 Å². The van der Waals surface area contributed by atoms with E-state index >= 15 is 0 Å². The van der Waals surface area contributed by atoms with Gasteiger partial charge >= 0.3 is 0 Å². The van der Waals surface area contributed by atoms with Crippen molar-refractivity contribution in [2.45, 2.75) is 37.4 Å². The predicted molar refractivity (Wildman–Crippen MR) is 91.3 cm³/mol. The smallest absolute Gasteiger partial charge is 0.251 e. The number of nitrogens with one attached hydrogen (secondary N) is 2. The SMILES string of the molecule is N#Cc1ccc(Oc2ccc(C(=O)N[C@@H]3C[C@H]4CC[C@@H]3N4)cc2)nc1. The van der Waals surface area contributed by atoms with Crippen LogP contribution in [-0.4, -0.2) is 29.0 Å². The van der Waals surface area contributed by atoms with E-state index in [0.29, 0.717) is 34.8 Å². The highest BCUT2D eigenvalue weighted by Gasteiger charge is 2.39. The number of carbonyl (C=O) groups excluding carboxylic acids is 1. The summed E-state index contributed by atoms with van der Waals surface area (Å²) in [6, 6.07) is 13.5. The number of pyridine rings is 1. The third kappa shape index (κ3) is 3.32. The van der Waals surface area contributed by atoms with Crippen molar-refractivity contribution < 1.29 is 9.53 Å². The second kappa shape index (κ2) is 6.54. The zero-order valence-electron chi connectivity index (χ0n) is 13.6. The molecule has 2 aliphatic heterocycles. The molecule has 3 atom stereocenters. The van der Waals surface area contributed by atoms with Crippen LogP contribution in [0.1, 0.15) is 35.2 Å². The van der Waals surface area contributed by atoms with E-state index in [0.717, 1.165) is 12.8 Å². The fraction of sp³-hybridized carbons (Fsp3) is 0.316.